The Balaban J connectivity index is 2.43. The molecule has 5 N–H and O–H groups in total. The molecular weight excluding hydrogens is 297 g/mol. The van der Waals surface area contributed by atoms with E-state index in [1.54, 1.807) is 23.9 Å². The number of thioether (sulfide) groups is 1. The minimum absolute atomic E-state index is 0.0570. The van der Waals surface area contributed by atoms with Gasteiger partial charge < -0.3 is 5.73 Å². The maximum absolute atomic E-state index is 14.0. The first-order valence-corrected chi connectivity index (χ1v) is 8.06. The lowest BCUT2D eigenvalue weighted by Crippen LogP contribution is -2.30. The molecule has 20 heavy (non-hydrogen) atoms. The lowest BCUT2D eigenvalue weighted by atomic mass is 10.1. The number of amides is 1. The van der Waals surface area contributed by atoms with Crippen molar-refractivity contribution in [2.75, 3.05) is 5.75 Å². The number of rotatable bonds is 5. The third-order valence-corrected chi connectivity index (χ3v) is 5.18. The van der Waals surface area contributed by atoms with Crippen LogP contribution in [0.25, 0.3) is 10.1 Å². The lowest BCUT2D eigenvalue weighted by Gasteiger charge is -2.06. The van der Waals surface area contributed by atoms with Crippen molar-refractivity contribution in [1.82, 2.24) is 5.43 Å². The number of hydrogen-bond donors (Lipinski definition) is 3. The molecule has 1 amide bonds. The van der Waals surface area contributed by atoms with E-state index in [-0.39, 0.29) is 17.8 Å². The van der Waals surface area contributed by atoms with E-state index in [9.17, 15) is 9.18 Å². The molecule has 0 spiro atoms. The number of carbonyl (C=O) groups is 1. The molecule has 0 aliphatic heterocycles. The predicted molar refractivity (Wildman–Crippen MR) is 83.2 cm³/mol. The third-order valence-electron chi connectivity index (χ3n) is 2.73. The van der Waals surface area contributed by atoms with Crippen LogP contribution in [0.5, 0.6) is 0 Å². The Morgan fingerprint density at radius 1 is 1.55 bits per heavy atom. The van der Waals surface area contributed by atoms with Gasteiger partial charge in [0.15, 0.2) is 0 Å². The highest BCUT2D eigenvalue weighted by Crippen LogP contribution is 2.35. The summed E-state index contributed by atoms with van der Waals surface area (Å²) in [6.45, 7) is 1.91. The van der Waals surface area contributed by atoms with Gasteiger partial charge in [0.25, 0.3) is 5.91 Å². The summed E-state index contributed by atoms with van der Waals surface area (Å²) < 4.78 is 14.8. The molecule has 0 aliphatic rings. The van der Waals surface area contributed by atoms with Gasteiger partial charge in [0.05, 0.1) is 4.88 Å². The van der Waals surface area contributed by atoms with E-state index in [1.807, 2.05) is 6.92 Å². The van der Waals surface area contributed by atoms with Gasteiger partial charge >= 0.3 is 0 Å². The van der Waals surface area contributed by atoms with Crippen molar-refractivity contribution >= 4 is 39.1 Å². The fourth-order valence-corrected chi connectivity index (χ4v) is 4.11. The Labute approximate surface area is 124 Å². The molecule has 108 valence electrons. The molecule has 0 bridgehead atoms. The first-order chi connectivity index (χ1) is 9.54. The zero-order valence-corrected chi connectivity index (χ0v) is 12.6. The minimum atomic E-state index is -0.387. The van der Waals surface area contributed by atoms with Gasteiger partial charge in [0, 0.05) is 27.6 Å². The smallest absolute Gasteiger partial charge is 0.275 e. The highest BCUT2D eigenvalue weighted by molar-refractivity contribution is 7.98. The van der Waals surface area contributed by atoms with Gasteiger partial charge in [-0.05, 0) is 24.6 Å². The van der Waals surface area contributed by atoms with Gasteiger partial charge in [0.2, 0.25) is 0 Å². The zero-order valence-electron chi connectivity index (χ0n) is 11.0. The monoisotopic (exact) mass is 313 g/mol. The molecular formula is C13H16FN3OS2. The summed E-state index contributed by atoms with van der Waals surface area (Å²) in [5.74, 6) is 5.77. The number of nitrogen functional groups attached to an aromatic ring is 1. The molecule has 2 aromatic rings. The third kappa shape index (κ3) is 3.12. The Morgan fingerprint density at radius 2 is 2.30 bits per heavy atom. The van der Waals surface area contributed by atoms with Crippen LogP contribution in [0.1, 0.15) is 22.2 Å². The van der Waals surface area contributed by atoms with Gasteiger partial charge in [0.1, 0.15) is 5.82 Å². The first kappa shape index (κ1) is 15.2. The number of carbonyl (C=O) groups excluding carboxylic acids is 1. The van der Waals surface area contributed by atoms with Crippen LogP contribution in [0, 0.1) is 5.82 Å². The first-order valence-electron chi connectivity index (χ1n) is 6.08. The minimum Gasteiger partial charge on any atom is -0.327 e. The molecule has 7 heteroatoms. The van der Waals surface area contributed by atoms with Crippen LogP contribution in [-0.4, -0.2) is 17.7 Å². The van der Waals surface area contributed by atoms with Crippen molar-refractivity contribution in [2.45, 2.75) is 18.7 Å². The molecule has 1 atom stereocenters. The molecule has 1 unspecified atom stereocenters. The van der Waals surface area contributed by atoms with E-state index in [4.69, 9.17) is 11.6 Å². The standard InChI is InChI=1S/C13H16FN3OS2/c1-7(15)5-19-6-8-11-9(14)3-2-4-10(11)20-12(8)13(18)17-16/h2-4,7H,5-6,15-16H2,1H3,(H,17,18). The van der Waals surface area contributed by atoms with Crippen LogP contribution in [0.2, 0.25) is 0 Å². The maximum Gasteiger partial charge on any atom is 0.275 e. The number of thiophene rings is 1. The van der Waals surface area contributed by atoms with Crippen LogP contribution in [-0.2, 0) is 5.75 Å². The Hall–Kier alpha value is -1.15. The molecule has 1 aromatic carbocycles. The summed E-state index contributed by atoms with van der Waals surface area (Å²) in [6, 6.07) is 4.90. The zero-order chi connectivity index (χ0) is 14.7. The largest absolute Gasteiger partial charge is 0.327 e. The van der Waals surface area contributed by atoms with E-state index >= 15 is 0 Å². The Bertz CT molecular complexity index is 627. The maximum atomic E-state index is 14.0. The molecule has 1 heterocycles. The van der Waals surface area contributed by atoms with Crippen molar-refractivity contribution in [1.29, 1.82) is 0 Å². The molecule has 1 aromatic heterocycles. The quantitative estimate of drug-likeness (QED) is 0.449. The van der Waals surface area contributed by atoms with E-state index in [0.29, 0.717) is 21.6 Å². The molecule has 0 aliphatic carbocycles. The van der Waals surface area contributed by atoms with E-state index in [2.05, 4.69) is 5.43 Å². The second kappa shape index (κ2) is 6.53. The highest BCUT2D eigenvalue weighted by atomic mass is 32.2. The van der Waals surface area contributed by atoms with Crippen molar-refractivity contribution in [2.24, 2.45) is 11.6 Å². The molecule has 0 fully saturated rings. The number of hydrogen-bond acceptors (Lipinski definition) is 5. The average molecular weight is 313 g/mol. The van der Waals surface area contributed by atoms with Gasteiger partial charge in [-0.15, -0.1) is 11.3 Å². The molecule has 2 rings (SSSR count). The summed E-state index contributed by atoms with van der Waals surface area (Å²) in [5.41, 5.74) is 8.51. The van der Waals surface area contributed by atoms with Gasteiger partial charge in [-0.2, -0.15) is 11.8 Å². The van der Waals surface area contributed by atoms with E-state index in [0.717, 1.165) is 10.5 Å². The van der Waals surface area contributed by atoms with Crippen molar-refractivity contribution in [3.8, 4) is 0 Å². The van der Waals surface area contributed by atoms with E-state index < -0.39 is 0 Å². The summed E-state index contributed by atoms with van der Waals surface area (Å²) >= 11 is 2.83. The van der Waals surface area contributed by atoms with Gasteiger partial charge in [-0.1, -0.05) is 6.07 Å². The Kier molecular flexibility index (Phi) is 4.98. The van der Waals surface area contributed by atoms with Crippen molar-refractivity contribution in [3.63, 3.8) is 0 Å². The van der Waals surface area contributed by atoms with Gasteiger partial charge in [-0.25, -0.2) is 10.2 Å². The topological polar surface area (TPSA) is 81.1 Å². The second-order valence-electron chi connectivity index (χ2n) is 4.49. The summed E-state index contributed by atoms with van der Waals surface area (Å²) in [5, 5.41) is 0.508. The second-order valence-corrected chi connectivity index (χ2v) is 6.57. The van der Waals surface area contributed by atoms with Crippen LogP contribution in [0.4, 0.5) is 4.39 Å². The molecule has 4 nitrogen and oxygen atoms in total. The number of hydrazine groups is 1. The molecule has 0 radical (unpaired) electrons. The number of halogens is 1. The van der Waals surface area contributed by atoms with Crippen LogP contribution in [0.15, 0.2) is 18.2 Å². The van der Waals surface area contributed by atoms with Crippen LogP contribution >= 0.6 is 23.1 Å². The van der Waals surface area contributed by atoms with Crippen LogP contribution < -0.4 is 17.0 Å². The predicted octanol–water partition coefficient (Wildman–Crippen LogP) is 2.22. The van der Waals surface area contributed by atoms with Gasteiger partial charge in [-0.3, -0.25) is 10.2 Å². The van der Waals surface area contributed by atoms with E-state index in [1.165, 1.54) is 17.4 Å². The lowest BCUT2D eigenvalue weighted by molar-refractivity contribution is 0.0957. The number of benzene rings is 1. The fourth-order valence-electron chi connectivity index (χ4n) is 1.90. The Morgan fingerprint density at radius 3 is 2.95 bits per heavy atom. The SMILES string of the molecule is CC(N)CSCc1c(C(=O)NN)sc2cccc(F)c12. The summed E-state index contributed by atoms with van der Waals surface area (Å²) in [6.07, 6.45) is 0. The normalized spacial score (nSPS) is 12.6. The molecule has 0 saturated heterocycles. The highest BCUT2D eigenvalue weighted by Gasteiger charge is 2.20. The molecule has 0 saturated carbocycles. The van der Waals surface area contributed by atoms with Crippen molar-refractivity contribution < 1.29 is 9.18 Å². The summed E-state index contributed by atoms with van der Waals surface area (Å²) in [4.78, 5) is 12.3. The van der Waals surface area contributed by atoms with Crippen molar-refractivity contribution in [3.05, 3.63) is 34.5 Å². The van der Waals surface area contributed by atoms with Crippen LogP contribution in [0.3, 0.4) is 0 Å². The fraction of sp³-hybridized carbons (Fsp3) is 0.308. The summed E-state index contributed by atoms with van der Waals surface area (Å²) in [7, 11) is 0. The number of fused-ring (bicyclic) bond motifs is 1. The number of nitrogens with two attached hydrogens (primary N) is 2. The average Bonchev–Trinajstić information content (AvgIpc) is 2.78. The number of nitrogens with one attached hydrogen (secondary N) is 1.